The summed E-state index contributed by atoms with van der Waals surface area (Å²) in [5, 5.41) is 5.09. The fourth-order valence-electron chi connectivity index (χ4n) is 3.37. The van der Waals surface area contributed by atoms with E-state index in [0.29, 0.717) is 6.54 Å². The van der Waals surface area contributed by atoms with Gasteiger partial charge in [0.05, 0.1) is 6.04 Å². The van der Waals surface area contributed by atoms with Crippen LogP contribution in [0, 0.1) is 11.3 Å². The second-order valence-corrected chi connectivity index (χ2v) is 8.70. The molecule has 0 radical (unpaired) electrons. The van der Waals surface area contributed by atoms with Gasteiger partial charge in [0.1, 0.15) is 25.5 Å². The number of nitrogens with one attached hydrogen (secondary N) is 2. The maximum absolute atomic E-state index is 13.1. The molecule has 1 aromatic carbocycles. The van der Waals surface area contributed by atoms with Gasteiger partial charge in [-0.25, -0.2) is 4.79 Å². The third-order valence-corrected chi connectivity index (χ3v) is 5.22. The van der Waals surface area contributed by atoms with Gasteiger partial charge in [-0.2, -0.15) is 0 Å². The number of benzene rings is 1. The van der Waals surface area contributed by atoms with Crippen molar-refractivity contribution in [1.82, 2.24) is 15.5 Å². The van der Waals surface area contributed by atoms with Gasteiger partial charge in [0.25, 0.3) is 0 Å². The molecule has 1 heterocycles. The molecule has 2 rings (SSSR count). The molecule has 0 bridgehead atoms. The number of urea groups is 1. The number of hydrogen-bond acceptors (Lipinski definition) is 5. The summed E-state index contributed by atoms with van der Waals surface area (Å²) >= 11 is 0. The maximum atomic E-state index is 13.1. The molecule has 2 N–H and O–H groups in total. The fraction of sp³-hybridized carbons (Fsp3) is 0.545. The first-order valence-electron chi connectivity index (χ1n) is 10.1. The van der Waals surface area contributed by atoms with Crippen LogP contribution in [-0.4, -0.2) is 54.3 Å². The summed E-state index contributed by atoms with van der Waals surface area (Å²) in [6.45, 7) is 7.70. The Hall–Kier alpha value is -2.90. The zero-order chi connectivity index (χ0) is 22.3. The van der Waals surface area contributed by atoms with Crippen LogP contribution in [0.2, 0.25) is 0 Å². The third kappa shape index (κ3) is 6.30. The molecular formula is C22H31N3O5. The van der Waals surface area contributed by atoms with Gasteiger partial charge < -0.3 is 25.1 Å². The van der Waals surface area contributed by atoms with E-state index in [0.717, 1.165) is 18.3 Å². The van der Waals surface area contributed by atoms with Crippen LogP contribution in [0.4, 0.5) is 4.79 Å². The topological polar surface area (TPSA) is 105 Å². The van der Waals surface area contributed by atoms with E-state index in [-0.39, 0.29) is 25.0 Å². The third-order valence-electron chi connectivity index (χ3n) is 5.22. The minimum Gasteiger partial charge on any atom is -0.460 e. The first-order chi connectivity index (χ1) is 14.1. The van der Waals surface area contributed by atoms with E-state index in [1.54, 1.807) is 0 Å². The van der Waals surface area contributed by atoms with Gasteiger partial charge in [-0.05, 0) is 23.3 Å². The summed E-state index contributed by atoms with van der Waals surface area (Å²) in [4.78, 5) is 50.3. The molecule has 0 aromatic heterocycles. The van der Waals surface area contributed by atoms with Crippen LogP contribution in [0.5, 0.6) is 0 Å². The summed E-state index contributed by atoms with van der Waals surface area (Å²) in [6, 6.07) is 7.24. The van der Waals surface area contributed by atoms with Crippen LogP contribution in [-0.2, 0) is 25.7 Å². The minimum absolute atomic E-state index is 0.0836. The Morgan fingerprint density at radius 1 is 1.23 bits per heavy atom. The zero-order valence-electron chi connectivity index (χ0n) is 18.0. The molecule has 0 spiro atoms. The molecule has 8 nitrogen and oxygen atoms in total. The van der Waals surface area contributed by atoms with Crippen LogP contribution in [0.15, 0.2) is 30.3 Å². The van der Waals surface area contributed by atoms with Crippen molar-refractivity contribution in [1.29, 1.82) is 0 Å². The van der Waals surface area contributed by atoms with Crippen molar-refractivity contribution in [3.05, 3.63) is 35.9 Å². The lowest BCUT2D eigenvalue weighted by Crippen LogP contribution is -2.58. The number of amides is 3. The highest BCUT2D eigenvalue weighted by atomic mass is 16.5. The number of ether oxygens (including phenoxy) is 1. The SMILES string of the molecule is CC1CCN(C(=O)C(NC(=O)NCC(=O)OCc2ccccc2)C(C)(C)C)C1C=O. The van der Waals surface area contributed by atoms with Gasteiger partial charge in [-0.3, -0.25) is 9.59 Å². The van der Waals surface area contributed by atoms with Crippen molar-refractivity contribution in [2.24, 2.45) is 11.3 Å². The molecule has 1 aromatic rings. The molecule has 1 aliphatic rings. The smallest absolute Gasteiger partial charge is 0.325 e. The predicted molar refractivity (Wildman–Crippen MR) is 111 cm³/mol. The molecule has 164 valence electrons. The Morgan fingerprint density at radius 3 is 2.50 bits per heavy atom. The number of likely N-dealkylation sites (tertiary alicyclic amines) is 1. The molecule has 8 heteroatoms. The minimum atomic E-state index is -0.842. The normalized spacial score (nSPS) is 19.7. The molecule has 0 saturated carbocycles. The second kappa shape index (κ2) is 10.2. The molecule has 3 amide bonds. The van der Waals surface area contributed by atoms with Gasteiger partial charge in [-0.1, -0.05) is 58.0 Å². The molecule has 1 aliphatic heterocycles. The van der Waals surface area contributed by atoms with E-state index in [2.05, 4.69) is 10.6 Å². The van der Waals surface area contributed by atoms with Crippen molar-refractivity contribution in [3.63, 3.8) is 0 Å². The molecule has 0 aliphatic carbocycles. The molecule has 30 heavy (non-hydrogen) atoms. The van der Waals surface area contributed by atoms with Gasteiger partial charge in [0, 0.05) is 6.54 Å². The number of carbonyl (C=O) groups is 4. The molecule has 3 unspecified atom stereocenters. The van der Waals surface area contributed by atoms with Crippen molar-refractivity contribution >= 4 is 24.2 Å². The van der Waals surface area contributed by atoms with E-state index < -0.39 is 29.5 Å². The fourth-order valence-corrected chi connectivity index (χ4v) is 3.37. The lowest BCUT2D eigenvalue weighted by atomic mass is 9.85. The quantitative estimate of drug-likeness (QED) is 0.521. The summed E-state index contributed by atoms with van der Waals surface area (Å²) in [6.07, 6.45) is 1.53. The summed E-state index contributed by atoms with van der Waals surface area (Å²) in [5.41, 5.74) is 0.264. The highest BCUT2D eigenvalue weighted by molar-refractivity contribution is 5.90. The van der Waals surface area contributed by atoms with Gasteiger partial charge >= 0.3 is 12.0 Å². The Balaban J connectivity index is 1.90. The van der Waals surface area contributed by atoms with E-state index in [1.807, 2.05) is 58.0 Å². The van der Waals surface area contributed by atoms with Crippen LogP contribution in [0.1, 0.15) is 39.7 Å². The number of nitrogens with zero attached hydrogens (tertiary/aromatic N) is 1. The van der Waals surface area contributed by atoms with Crippen LogP contribution < -0.4 is 10.6 Å². The van der Waals surface area contributed by atoms with Crippen LogP contribution in [0.3, 0.4) is 0 Å². The molecule has 1 fully saturated rings. The van der Waals surface area contributed by atoms with Crippen molar-refractivity contribution in [2.45, 2.75) is 52.8 Å². The predicted octanol–water partition coefficient (Wildman–Crippen LogP) is 1.88. The number of hydrogen-bond donors (Lipinski definition) is 2. The second-order valence-electron chi connectivity index (χ2n) is 8.70. The van der Waals surface area contributed by atoms with E-state index in [1.165, 1.54) is 4.90 Å². The Labute approximate surface area is 177 Å². The van der Waals surface area contributed by atoms with Crippen LogP contribution >= 0.6 is 0 Å². The number of esters is 1. The van der Waals surface area contributed by atoms with E-state index >= 15 is 0 Å². The Morgan fingerprint density at radius 2 is 1.90 bits per heavy atom. The first-order valence-corrected chi connectivity index (χ1v) is 10.1. The monoisotopic (exact) mass is 417 g/mol. The number of carbonyl (C=O) groups excluding carboxylic acids is 4. The van der Waals surface area contributed by atoms with Gasteiger partial charge in [-0.15, -0.1) is 0 Å². The lowest BCUT2D eigenvalue weighted by molar-refractivity contribution is -0.143. The first kappa shape index (κ1) is 23.4. The maximum Gasteiger partial charge on any atom is 0.325 e. The number of rotatable bonds is 7. The summed E-state index contributed by atoms with van der Waals surface area (Å²) in [5.74, 6) is -0.798. The van der Waals surface area contributed by atoms with Crippen molar-refractivity contribution in [2.75, 3.05) is 13.1 Å². The average Bonchev–Trinajstić information content (AvgIpc) is 3.08. The van der Waals surface area contributed by atoms with E-state index in [4.69, 9.17) is 4.74 Å². The summed E-state index contributed by atoms with van der Waals surface area (Å²) in [7, 11) is 0. The number of aldehydes is 1. The van der Waals surface area contributed by atoms with Gasteiger partial charge in [0.2, 0.25) is 5.91 Å². The zero-order valence-corrected chi connectivity index (χ0v) is 18.0. The average molecular weight is 418 g/mol. The standard InChI is InChI=1S/C22H31N3O5/c1-15-10-11-25(17(15)13-26)20(28)19(22(2,3)4)24-21(29)23-12-18(27)30-14-16-8-6-5-7-9-16/h5-9,13,15,17,19H,10-12,14H2,1-4H3,(H2,23,24,29). The molecule has 1 saturated heterocycles. The van der Waals surface area contributed by atoms with Gasteiger partial charge in [0.15, 0.2) is 0 Å². The van der Waals surface area contributed by atoms with E-state index in [9.17, 15) is 19.2 Å². The lowest BCUT2D eigenvalue weighted by Gasteiger charge is -2.35. The molecule has 3 atom stereocenters. The highest BCUT2D eigenvalue weighted by Gasteiger charge is 2.41. The van der Waals surface area contributed by atoms with Crippen molar-refractivity contribution < 1.29 is 23.9 Å². The van der Waals surface area contributed by atoms with Crippen molar-refractivity contribution in [3.8, 4) is 0 Å². The molecular weight excluding hydrogens is 386 g/mol. The highest BCUT2D eigenvalue weighted by Crippen LogP contribution is 2.27. The largest absolute Gasteiger partial charge is 0.460 e. The Kier molecular flexibility index (Phi) is 7.97. The summed E-state index contributed by atoms with van der Waals surface area (Å²) < 4.78 is 5.12. The Bertz CT molecular complexity index is 760. The van der Waals surface area contributed by atoms with Crippen LogP contribution in [0.25, 0.3) is 0 Å².